The number of nitrogen functional groups attached to an aromatic ring is 1. The molecule has 0 bridgehead atoms. The van der Waals surface area contributed by atoms with E-state index in [1.165, 1.54) is 30.2 Å². The summed E-state index contributed by atoms with van der Waals surface area (Å²) in [5.41, 5.74) is 7.18. The molecule has 4 rings (SSSR count). The average Bonchev–Trinajstić information content (AvgIpc) is 3.13. The van der Waals surface area contributed by atoms with E-state index in [4.69, 9.17) is 5.73 Å². The predicted molar refractivity (Wildman–Crippen MR) is 109 cm³/mol. The quantitative estimate of drug-likeness (QED) is 0.391. The Bertz CT molecular complexity index is 1160. The van der Waals surface area contributed by atoms with E-state index in [1.54, 1.807) is 27.9 Å². The first-order valence-electron chi connectivity index (χ1n) is 8.72. The number of thioether (sulfide) groups is 1. The van der Waals surface area contributed by atoms with Crippen LogP contribution in [0.1, 0.15) is 18.0 Å². The molecular formula is C18H18FN9S. The van der Waals surface area contributed by atoms with Crippen molar-refractivity contribution in [1.82, 2.24) is 34.7 Å². The summed E-state index contributed by atoms with van der Waals surface area (Å²) in [6.45, 7) is 1.97. The lowest BCUT2D eigenvalue weighted by Crippen LogP contribution is -2.16. The molecule has 1 atom stereocenters. The van der Waals surface area contributed by atoms with Crippen molar-refractivity contribution in [3.05, 3.63) is 48.4 Å². The van der Waals surface area contributed by atoms with E-state index < -0.39 is 0 Å². The number of fused-ring (bicyclic) bond motifs is 1. The van der Waals surface area contributed by atoms with E-state index in [-0.39, 0.29) is 17.0 Å². The molecule has 0 aliphatic heterocycles. The molecular weight excluding hydrogens is 393 g/mol. The molecule has 9 nitrogen and oxygen atoms in total. The van der Waals surface area contributed by atoms with Gasteiger partial charge in [0.1, 0.15) is 23.0 Å². The monoisotopic (exact) mass is 411 g/mol. The number of hydrogen-bond donors (Lipinski definition) is 1. The van der Waals surface area contributed by atoms with Gasteiger partial charge in [0.2, 0.25) is 11.9 Å². The fourth-order valence-corrected chi connectivity index (χ4v) is 3.61. The molecule has 0 saturated heterocycles. The first-order chi connectivity index (χ1) is 13.9. The third-order valence-electron chi connectivity index (χ3n) is 4.11. The molecule has 0 aliphatic carbocycles. The van der Waals surface area contributed by atoms with Gasteiger partial charge in [-0.25, -0.2) is 19.0 Å². The Morgan fingerprint density at radius 1 is 1.10 bits per heavy atom. The van der Waals surface area contributed by atoms with E-state index in [2.05, 4.69) is 30.0 Å². The summed E-state index contributed by atoms with van der Waals surface area (Å²) in [4.78, 5) is 23.4. The van der Waals surface area contributed by atoms with Crippen molar-refractivity contribution in [3.63, 3.8) is 0 Å². The van der Waals surface area contributed by atoms with Crippen molar-refractivity contribution in [2.45, 2.75) is 17.2 Å². The van der Waals surface area contributed by atoms with Gasteiger partial charge in [-0.15, -0.1) is 0 Å². The van der Waals surface area contributed by atoms with Gasteiger partial charge in [-0.1, -0.05) is 11.8 Å². The standard InChI is InChI=1S/C18H18FN9S/c1-10(14-24-17(20)26-18(25-14)27(2)3)29-16-13-8-23-28(15(13)21-9-22-16)12-6-4-11(19)5-7-12/h4-10H,1-3H3,(H2,20,24,25,26). The second-order valence-corrected chi connectivity index (χ2v) is 7.78. The number of aromatic nitrogens is 7. The maximum Gasteiger partial charge on any atom is 0.229 e. The average molecular weight is 411 g/mol. The SMILES string of the molecule is CC(Sc1ncnc2c1cnn2-c1ccc(F)cc1)c1nc(N)nc(N(C)C)n1. The minimum atomic E-state index is -0.307. The highest BCUT2D eigenvalue weighted by Gasteiger charge is 2.18. The van der Waals surface area contributed by atoms with E-state index in [1.807, 2.05) is 21.0 Å². The van der Waals surface area contributed by atoms with E-state index in [9.17, 15) is 4.39 Å². The molecule has 29 heavy (non-hydrogen) atoms. The highest BCUT2D eigenvalue weighted by atomic mass is 32.2. The molecule has 11 heteroatoms. The maximum absolute atomic E-state index is 13.2. The van der Waals surface area contributed by atoms with Crippen molar-refractivity contribution in [2.75, 3.05) is 24.7 Å². The van der Waals surface area contributed by atoms with Crippen LogP contribution in [0, 0.1) is 5.82 Å². The van der Waals surface area contributed by atoms with Gasteiger partial charge in [-0.2, -0.15) is 20.1 Å². The van der Waals surface area contributed by atoms with Crippen molar-refractivity contribution in [1.29, 1.82) is 0 Å². The summed E-state index contributed by atoms with van der Waals surface area (Å²) in [6.07, 6.45) is 3.17. The van der Waals surface area contributed by atoms with Crippen LogP contribution >= 0.6 is 11.8 Å². The van der Waals surface area contributed by atoms with Crippen LogP contribution in [0.15, 0.2) is 41.8 Å². The summed E-state index contributed by atoms with van der Waals surface area (Å²) < 4.78 is 14.9. The third kappa shape index (κ3) is 3.81. The van der Waals surface area contributed by atoms with Crippen LogP contribution in [0.4, 0.5) is 16.3 Å². The normalized spacial score (nSPS) is 12.3. The lowest BCUT2D eigenvalue weighted by molar-refractivity contribution is 0.627. The van der Waals surface area contributed by atoms with Gasteiger partial charge >= 0.3 is 0 Å². The number of benzene rings is 1. The largest absolute Gasteiger partial charge is 0.368 e. The number of halogens is 1. The predicted octanol–water partition coefficient (Wildman–Crippen LogP) is 2.64. The van der Waals surface area contributed by atoms with Crippen molar-refractivity contribution < 1.29 is 4.39 Å². The molecule has 148 valence electrons. The Balaban J connectivity index is 1.68. The van der Waals surface area contributed by atoms with E-state index in [0.29, 0.717) is 23.1 Å². The van der Waals surface area contributed by atoms with Crippen molar-refractivity contribution >= 4 is 34.7 Å². The summed E-state index contributed by atoms with van der Waals surface area (Å²) in [5.74, 6) is 0.919. The lowest BCUT2D eigenvalue weighted by atomic mass is 10.3. The number of anilines is 2. The minimum Gasteiger partial charge on any atom is -0.368 e. The topological polar surface area (TPSA) is 112 Å². The highest BCUT2D eigenvalue weighted by Crippen LogP contribution is 2.36. The van der Waals surface area contributed by atoms with E-state index >= 15 is 0 Å². The first-order valence-corrected chi connectivity index (χ1v) is 9.60. The molecule has 0 spiro atoms. The Morgan fingerprint density at radius 3 is 2.59 bits per heavy atom. The zero-order valence-electron chi connectivity index (χ0n) is 16.0. The fourth-order valence-electron chi connectivity index (χ4n) is 2.69. The second kappa shape index (κ2) is 7.59. The van der Waals surface area contributed by atoms with Crippen LogP contribution in [0.5, 0.6) is 0 Å². The smallest absolute Gasteiger partial charge is 0.229 e. The Labute approximate surface area is 170 Å². The third-order valence-corrected chi connectivity index (χ3v) is 5.22. The minimum absolute atomic E-state index is 0.133. The molecule has 0 fully saturated rings. The van der Waals surface area contributed by atoms with Gasteiger partial charge in [0.15, 0.2) is 5.65 Å². The first kappa shape index (κ1) is 19.0. The summed E-state index contributed by atoms with van der Waals surface area (Å²) in [7, 11) is 3.68. The van der Waals surface area contributed by atoms with Crippen LogP contribution < -0.4 is 10.6 Å². The number of hydrogen-bond acceptors (Lipinski definition) is 9. The molecule has 3 aromatic heterocycles. The van der Waals surface area contributed by atoms with Crippen molar-refractivity contribution in [3.8, 4) is 5.69 Å². The zero-order chi connectivity index (χ0) is 20.5. The van der Waals surface area contributed by atoms with Crippen LogP contribution in [0.3, 0.4) is 0 Å². The molecule has 4 aromatic rings. The van der Waals surface area contributed by atoms with Gasteiger partial charge in [-0.3, -0.25) is 0 Å². The fraction of sp³-hybridized carbons (Fsp3) is 0.222. The molecule has 1 aromatic carbocycles. The Hall–Kier alpha value is -3.34. The summed E-state index contributed by atoms with van der Waals surface area (Å²) in [5, 5.41) is 5.78. The van der Waals surface area contributed by atoms with Crippen molar-refractivity contribution in [2.24, 2.45) is 0 Å². The Morgan fingerprint density at radius 2 is 1.86 bits per heavy atom. The second-order valence-electron chi connectivity index (χ2n) is 6.46. The van der Waals surface area contributed by atoms with Gasteiger partial charge in [-0.05, 0) is 31.2 Å². The molecule has 0 amide bonds. The summed E-state index contributed by atoms with van der Waals surface area (Å²) in [6, 6.07) is 6.07. The lowest BCUT2D eigenvalue weighted by Gasteiger charge is -2.14. The summed E-state index contributed by atoms with van der Waals surface area (Å²) >= 11 is 1.47. The molecule has 0 aliphatic rings. The Kier molecular flexibility index (Phi) is 4.97. The highest BCUT2D eigenvalue weighted by molar-refractivity contribution is 7.99. The number of rotatable bonds is 5. The maximum atomic E-state index is 13.2. The van der Waals surface area contributed by atoms with Gasteiger partial charge < -0.3 is 10.6 Å². The van der Waals surface area contributed by atoms with Crippen LogP contribution in [0.2, 0.25) is 0 Å². The van der Waals surface area contributed by atoms with E-state index in [0.717, 1.165) is 10.4 Å². The number of nitrogens with two attached hydrogens (primary N) is 1. The van der Waals surface area contributed by atoms with Crippen LogP contribution in [-0.2, 0) is 0 Å². The van der Waals surface area contributed by atoms with Gasteiger partial charge in [0.05, 0.1) is 22.5 Å². The number of nitrogens with zero attached hydrogens (tertiary/aromatic N) is 8. The molecule has 2 N–H and O–H groups in total. The molecule has 3 heterocycles. The molecule has 0 radical (unpaired) electrons. The van der Waals surface area contributed by atoms with Gasteiger partial charge in [0, 0.05) is 14.1 Å². The molecule has 0 saturated carbocycles. The van der Waals surface area contributed by atoms with Gasteiger partial charge in [0.25, 0.3) is 0 Å². The molecule has 1 unspecified atom stereocenters. The van der Waals surface area contributed by atoms with Crippen LogP contribution in [0.25, 0.3) is 16.7 Å². The van der Waals surface area contributed by atoms with Crippen LogP contribution in [-0.4, -0.2) is 48.8 Å². The zero-order valence-corrected chi connectivity index (χ0v) is 16.8.